The first-order valence-corrected chi connectivity index (χ1v) is 6.95. The lowest BCUT2D eigenvalue weighted by molar-refractivity contribution is 0.0483. The van der Waals surface area contributed by atoms with Crippen molar-refractivity contribution in [2.45, 2.75) is 27.2 Å². The van der Waals surface area contributed by atoms with Crippen LogP contribution < -0.4 is 0 Å². The van der Waals surface area contributed by atoms with E-state index in [0.29, 0.717) is 24.0 Å². The average Bonchev–Trinajstić information content (AvgIpc) is 3.02. The molecule has 0 N–H and O–H groups in total. The second-order valence-electron chi connectivity index (χ2n) is 5.79. The lowest BCUT2D eigenvalue weighted by Crippen LogP contribution is -2.10. The van der Waals surface area contributed by atoms with Crippen molar-refractivity contribution in [1.29, 1.82) is 0 Å². The van der Waals surface area contributed by atoms with Crippen molar-refractivity contribution in [3.8, 4) is 0 Å². The molecule has 0 bridgehead atoms. The molecule has 2 aromatic rings. The Morgan fingerprint density at radius 2 is 2.20 bits per heavy atom. The van der Waals surface area contributed by atoms with E-state index in [9.17, 15) is 4.79 Å². The Kier molecular flexibility index (Phi) is 3.00. The first kappa shape index (κ1) is 13.1. The summed E-state index contributed by atoms with van der Waals surface area (Å²) in [4.78, 5) is 16.8. The number of esters is 1. The fraction of sp³-hybridized carbons (Fsp3) is 0.533. The van der Waals surface area contributed by atoms with Gasteiger partial charge in [0, 0.05) is 12.7 Å². The van der Waals surface area contributed by atoms with E-state index in [1.807, 2.05) is 20.9 Å². The number of pyridine rings is 1. The van der Waals surface area contributed by atoms with Crippen molar-refractivity contribution in [3.05, 3.63) is 23.0 Å². The largest absolute Gasteiger partial charge is 0.462 e. The molecule has 0 amide bonds. The zero-order valence-corrected chi connectivity index (χ0v) is 12.3. The normalized spacial score (nSPS) is 21.2. The highest BCUT2D eigenvalue weighted by Gasteiger charge is 2.34. The summed E-state index contributed by atoms with van der Waals surface area (Å²) in [5.74, 6) is 0.949. The summed E-state index contributed by atoms with van der Waals surface area (Å²) in [6.07, 6.45) is 1.16. The average molecular weight is 273 g/mol. The first-order chi connectivity index (χ1) is 9.47. The monoisotopic (exact) mass is 273 g/mol. The molecule has 1 fully saturated rings. The second kappa shape index (κ2) is 4.58. The zero-order chi connectivity index (χ0) is 14.4. The smallest absolute Gasteiger partial charge is 0.339 e. The van der Waals surface area contributed by atoms with Crippen molar-refractivity contribution in [2.24, 2.45) is 18.9 Å². The van der Waals surface area contributed by atoms with Crippen molar-refractivity contribution in [2.75, 3.05) is 6.61 Å². The predicted octanol–water partition coefficient (Wildman–Crippen LogP) is 2.40. The lowest BCUT2D eigenvalue weighted by Gasteiger charge is -2.07. The molecule has 20 heavy (non-hydrogen) atoms. The number of ether oxygens (including phenoxy) is 1. The first-order valence-electron chi connectivity index (χ1n) is 6.95. The second-order valence-corrected chi connectivity index (χ2v) is 5.79. The van der Waals surface area contributed by atoms with Crippen LogP contribution in [0.1, 0.15) is 35.1 Å². The molecule has 0 spiro atoms. The Balaban J connectivity index is 1.95. The van der Waals surface area contributed by atoms with E-state index in [4.69, 9.17) is 4.74 Å². The van der Waals surface area contributed by atoms with Gasteiger partial charge in [0.1, 0.15) is 0 Å². The molecular formula is C15H19N3O2. The van der Waals surface area contributed by atoms with Crippen molar-refractivity contribution < 1.29 is 9.53 Å². The van der Waals surface area contributed by atoms with Crippen molar-refractivity contribution >= 4 is 17.0 Å². The molecule has 5 nitrogen and oxygen atoms in total. The van der Waals surface area contributed by atoms with Gasteiger partial charge in [-0.1, -0.05) is 6.92 Å². The molecule has 3 rings (SSSR count). The molecule has 0 aliphatic heterocycles. The maximum atomic E-state index is 12.3. The molecule has 2 atom stereocenters. The van der Waals surface area contributed by atoms with Crippen LogP contribution in [0.3, 0.4) is 0 Å². The number of carbonyl (C=O) groups excluding carboxylic acids is 1. The minimum atomic E-state index is -0.268. The van der Waals surface area contributed by atoms with Crippen LogP contribution in [-0.4, -0.2) is 27.3 Å². The van der Waals surface area contributed by atoms with Crippen LogP contribution in [0.2, 0.25) is 0 Å². The van der Waals surface area contributed by atoms with Crippen LogP contribution in [0.4, 0.5) is 0 Å². The Bertz CT molecular complexity index is 690. The van der Waals surface area contributed by atoms with E-state index in [2.05, 4.69) is 17.0 Å². The number of aromatic nitrogens is 3. The highest BCUT2D eigenvalue weighted by molar-refractivity contribution is 6.03. The summed E-state index contributed by atoms with van der Waals surface area (Å²) in [5.41, 5.74) is 2.91. The van der Waals surface area contributed by atoms with E-state index < -0.39 is 0 Å². The van der Waals surface area contributed by atoms with Gasteiger partial charge < -0.3 is 4.74 Å². The van der Waals surface area contributed by atoms with Gasteiger partial charge in [0.05, 0.1) is 23.3 Å². The quantitative estimate of drug-likeness (QED) is 0.806. The molecular weight excluding hydrogens is 254 g/mol. The predicted molar refractivity (Wildman–Crippen MR) is 75.5 cm³/mol. The topological polar surface area (TPSA) is 57.0 Å². The summed E-state index contributed by atoms with van der Waals surface area (Å²) in [5, 5.41) is 5.14. The molecule has 0 saturated heterocycles. The van der Waals surface area contributed by atoms with E-state index in [1.54, 1.807) is 10.7 Å². The van der Waals surface area contributed by atoms with Gasteiger partial charge >= 0.3 is 5.97 Å². The summed E-state index contributed by atoms with van der Waals surface area (Å²) in [6, 6.07) is 1.79. The maximum Gasteiger partial charge on any atom is 0.339 e. The third-order valence-electron chi connectivity index (χ3n) is 4.02. The van der Waals surface area contributed by atoms with Gasteiger partial charge in [-0.05, 0) is 38.2 Å². The van der Waals surface area contributed by atoms with E-state index in [1.165, 1.54) is 0 Å². The number of rotatable bonds is 3. The SMILES string of the molecule is Cc1cc(C(=O)OC[C@H]2C[C@H]2C)c2c(C)nn(C)c2n1. The van der Waals surface area contributed by atoms with Gasteiger partial charge in [-0.15, -0.1) is 0 Å². The lowest BCUT2D eigenvalue weighted by atomic mass is 10.1. The standard InChI is InChI=1S/C15H19N3O2/c1-8-5-11(8)7-20-15(19)12-6-9(2)16-14-13(12)10(3)17-18(14)4/h6,8,11H,5,7H2,1-4H3/t8-,11-/m1/s1. The Morgan fingerprint density at radius 3 is 2.85 bits per heavy atom. The number of nitrogens with zero attached hydrogens (tertiary/aromatic N) is 3. The van der Waals surface area contributed by atoms with Crippen LogP contribution in [-0.2, 0) is 11.8 Å². The van der Waals surface area contributed by atoms with Crippen LogP contribution in [0.15, 0.2) is 6.07 Å². The molecule has 1 aliphatic rings. The van der Waals surface area contributed by atoms with Gasteiger partial charge in [-0.25, -0.2) is 9.78 Å². The molecule has 2 heterocycles. The highest BCUT2D eigenvalue weighted by Crippen LogP contribution is 2.37. The number of fused-ring (bicyclic) bond motifs is 1. The van der Waals surface area contributed by atoms with Gasteiger partial charge in [0.25, 0.3) is 0 Å². The van der Waals surface area contributed by atoms with Crippen molar-refractivity contribution in [3.63, 3.8) is 0 Å². The fourth-order valence-corrected chi connectivity index (χ4v) is 2.62. The fourth-order valence-electron chi connectivity index (χ4n) is 2.62. The third-order valence-corrected chi connectivity index (χ3v) is 4.02. The molecule has 2 aromatic heterocycles. The minimum absolute atomic E-state index is 0.268. The molecule has 0 unspecified atom stereocenters. The number of hydrogen-bond acceptors (Lipinski definition) is 4. The van der Waals surface area contributed by atoms with Gasteiger partial charge in [0.15, 0.2) is 5.65 Å². The molecule has 5 heteroatoms. The Morgan fingerprint density at radius 1 is 1.50 bits per heavy atom. The van der Waals surface area contributed by atoms with E-state index >= 15 is 0 Å². The van der Waals surface area contributed by atoms with E-state index in [0.717, 1.165) is 28.8 Å². The molecule has 1 saturated carbocycles. The van der Waals surface area contributed by atoms with Gasteiger partial charge in [-0.3, -0.25) is 4.68 Å². The molecule has 1 aliphatic carbocycles. The molecule has 0 aromatic carbocycles. The summed E-state index contributed by atoms with van der Waals surface area (Å²) < 4.78 is 7.15. The Hall–Kier alpha value is -1.91. The van der Waals surface area contributed by atoms with Gasteiger partial charge in [-0.2, -0.15) is 5.10 Å². The summed E-state index contributed by atoms with van der Waals surface area (Å²) in [7, 11) is 1.84. The Labute approximate surface area is 117 Å². The van der Waals surface area contributed by atoms with Crippen LogP contribution >= 0.6 is 0 Å². The minimum Gasteiger partial charge on any atom is -0.462 e. The maximum absolute atomic E-state index is 12.3. The number of hydrogen-bond donors (Lipinski definition) is 0. The zero-order valence-electron chi connectivity index (χ0n) is 12.3. The highest BCUT2D eigenvalue weighted by atomic mass is 16.5. The van der Waals surface area contributed by atoms with Gasteiger partial charge in [0.2, 0.25) is 0 Å². The third kappa shape index (κ3) is 2.17. The summed E-state index contributed by atoms with van der Waals surface area (Å²) >= 11 is 0. The van der Waals surface area contributed by atoms with Crippen LogP contribution in [0.5, 0.6) is 0 Å². The van der Waals surface area contributed by atoms with Crippen LogP contribution in [0.25, 0.3) is 11.0 Å². The van der Waals surface area contributed by atoms with Crippen LogP contribution in [0, 0.1) is 25.7 Å². The van der Waals surface area contributed by atoms with E-state index in [-0.39, 0.29) is 5.97 Å². The number of carbonyl (C=O) groups is 1. The molecule has 0 radical (unpaired) electrons. The van der Waals surface area contributed by atoms with Crippen molar-refractivity contribution in [1.82, 2.24) is 14.8 Å². The molecule has 106 valence electrons. The number of aryl methyl sites for hydroxylation is 3. The summed E-state index contributed by atoms with van der Waals surface area (Å²) in [6.45, 7) is 6.46.